The van der Waals surface area contributed by atoms with E-state index in [0.717, 1.165) is 16.8 Å². The molecule has 0 saturated carbocycles. The topological polar surface area (TPSA) is 64.3 Å². The van der Waals surface area contributed by atoms with Gasteiger partial charge in [0.05, 0.1) is 19.1 Å². The molecule has 1 aromatic rings. The highest BCUT2D eigenvalue weighted by Gasteiger charge is 2.31. The molecule has 4 nitrogen and oxygen atoms in total. The highest BCUT2D eigenvalue weighted by molar-refractivity contribution is 5.94. The maximum absolute atomic E-state index is 12.0. The number of carbonyl (C=O) groups is 1. The van der Waals surface area contributed by atoms with Crippen LogP contribution in [0, 0.1) is 19.8 Å². The Labute approximate surface area is 101 Å². The van der Waals surface area contributed by atoms with Gasteiger partial charge >= 0.3 is 0 Å². The number of ether oxygens (including phenoxy) is 1. The second-order valence-electron chi connectivity index (χ2n) is 4.62. The van der Waals surface area contributed by atoms with Gasteiger partial charge in [-0.3, -0.25) is 4.79 Å². The van der Waals surface area contributed by atoms with Gasteiger partial charge in [-0.05, 0) is 31.0 Å². The van der Waals surface area contributed by atoms with Gasteiger partial charge in [0.15, 0.2) is 0 Å². The quantitative estimate of drug-likeness (QED) is 0.808. The Kier molecular flexibility index (Phi) is 3.45. The molecule has 1 aromatic carbocycles. The van der Waals surface area contributed by atoms with Crippen LogP contribution in [0.15, 0.2) is 18.2 Å². The van der Waals surface area contributed by atoms with Gasteiger partial charge in [-0.25, -0.2) is 0 Å². The lowest BCUT2D eigenvalue weighted by molar-refractivity contribution is -0.120. The Hall–Kier alpha value is -1.39. The van der Waals surface area contributed by atoms with Crippen molar-refractivity contribution in [1.29, 1.82) is 0 Å². The first-order valence-corrected chi connectivity index (χ1v) is 5.79. The summed E-state index contributed by atoms with van der Waals surface area (Å²) in [7, 11) is 0. The molecule has 1 saturated heterocycles. The smallest absolute Gasteiger partial charge is 0.231 e. The van der Waals surface area contributed by atoms with E-state index < -0.39 is 0 Å². The SMILES string of the molecule is Cc1ccc(C)c(NC(=O)C2COCC2N)c1. The lowest BCUT2D eigenvalue weighted by Gasteiger charge is -2.15. The second-order valence-corrected chi connectivity index (χ2v) is 4.62. The van der Waals surface area contributed by atoms with Gasteiger partial charge in [0, 0.05) is 11.7 Å². The average Bonchev–Trinajstić information content (AvgIpc) is 2.70. The molecule has 2 atom stereocenters. The van der Waals surface area contributed by atoms with Crippen LogP contribution in [-0.4, -0.2) is 25.2 Å². The van der Waals surface area contributed by atoms with E-state index >= 15 is 0 Å². The highest BCUT2D eigenvalue weighted by Crippen LogP contribution is 2.19. The zero-order valence-corrected chi connectivity index (χ0v) is 10.2. The monoisotopic (exact) mass is 234 g/mol. The van der Waals surface area contributed by atoms with Crippen LogP contribution in [0.3, 0.4) is 0 Å². The predicted molar refractivity (Wildman–Crippen MR) is 66.8 cm³/mol. The summed E-state index contributed by atoms with van der Waals surface area (Å²) < 4.78 is 5.20. The van der Waals surface area contributed by atoms with Crippen molar-refractivity contribution in [3.05, 3.63) is 29.3 Å². The van der Waals surface area contributed by atoms with Crippen molar-refractivity contribution in [1.82, 2.24) is 0 Å². The summed E-state index contributed by atoms with van der Waals surface area (Å²) in [6.45, 7) is 4.85. The molecule has 92 valence electrons. The summed E-state index contributed by atoms with van der Waals surface area (Å²) in [6, 6.07) is 5.79. The number of amides is 1. The summed E-state index contributed by atoms with van der Waals surface area (Å²) in [4.78, 5) is 12.0. The van der Waals surface area contributed by atoms with E-state index in [2.05, 4.69) is 5.32 Å². The van der Waals surface area contributed by atoms with E-state index in [9.17, 15) is 4.79 Å². The van der Waals surface area contributed by atoms with Crippen LogP contribution >= 0.6 is 0 Å². The molecule has 0 radical (unpaired) electrons. The van der Waals surface area contributed by atoms with Crippen LogP contribution < -0.4 is 11.1 Å². The normalized spacial score (nSPS) is 23.7. The predicted octanol–water partition coefficient (Wildman–Crippen LogP) is 1.22. The van der Waals surface area contributed by atoms with E-state index in [1.807, 2.05) is 32.0 Å². The number of anilines is 1. The average molecular weight is 234 g/mol. The number of benzene rings is 1. The van der Waals surface area contributed by atoms with E-state index in [0.29, 0.717) is 13.2 Å². The summed E-state index contributed by atoms with van der Waals surface area (Å²) in [5, 5.41) is 2.92. The Balaban J connectivity index is 2.10. The van der Waals surface area contributed by atoms with E-state index in [1.165, 1.54) is 0 Å². The minimum Gasteiger partial charge on any atom is -0.379 e. The molecular weight excluding hydrogens is 216 g/mol. The van der Waals surface area contributed by atoms with E-state index in [1.54, 1.807) is 0 Å². The molecule has 1 heterocycles. The zero-order valence-electron chi connectivity index (χ0n) is 10.2. The van der Waals surface area contributed by atoms with E-state index in [4.69, 9.17) is 10.5 Å². The van der Waals surface area contributed by atoms with Gasteiger partial charge in [0.2, 0.25) is 5.91 Å². The van der Waals surface area contributed by atoms with Crippen molar-refractivity contribution >= 4 is 11.6 Å². The molecule has 1 amide bonds. The maximum Gasteiger partial charge on any atom is 0.231 e. The van der Waals surface area contributed by atoms with Crippen molar-refractivity contribution in [2.45, 2.75) is 19.9 Å². The number of nitrogens with one attached hydrogen (secondary N) is 1. The number of aryl methyl sites for hydroxylation is 2. The van der Waals surface area contributed by atoms with Crippen LogP contribution in [-0.2, 0) is 9.53 Å². The molecule has 1 aliphatic heterocycles. The fraction of sp³-hybridized carbons (Fsp3) is 0.462. The standard InChI is InChI=1S/C13H18N2O2/c1-8-3-4-9(2)12(5-8)15-13(16)10-6-17-7-11(10)14/h3-5,10-11H,6-7,14H2,1-2H3,(H,15,16). The van der Waals surface area contributed by atoms with Gasteiger partial charge in [0.1, 0.15) is 0 Å². The Morgan fingerprint density at radius 2 is 2.18 bits per heavy atom. The van der Waals surface area contributed by atoms with Gasteiger partial charge in [-0.1, -0.05) is 12.1 Å². The third kappa shape index (κ3) is 2.65. The minimum atomic E-state index is -0.241. The Morgan fingerprint density at radius 3 is 2.82 bits per heavy atom. The third-order valence-electron chi connectivity index (χ3n) is 3.11. The summed E-state index contributed by atoms with van der Waals surface area (Å²) in [6.07, 6.45) is 0. The largest absolute Gasteiger partial charge is 0.379 e. The highest BCUT2D eigenvalue weighted by atomic mass is 16.5. The van der Waals surface area contributed by atoms with Gasteiger partial charge in [-0.15, -0.1) is 0 Å². The summed E-state index contributed by atoms with van der Waals surface area (Å²) >= 11 is 0. The number of hydrogen-bond acceptors (Lipinski definition) is 3. The lowest BCUT2D eigenvalue weighted by atomic mass is 10.0. The van der Waals surface area contributed by atoms with Crippen molar-refractivity contribution in [2.24, 2.45) is 11.7 Å². The molecule has 2 unspecified atom stereocenters. The Morgan fingerprint density at radius 1 is 1.41 bits per heavy atom. The summed E-state index contributed by atoms with van der Waals surface area (Å²) in [5.41, 5.74) is 8.85. The van der Waals surface area contributed by atoms with Gasteiger partial charge in [-0.2, -0.15) is 0 Å². The zero-order chi connectivity index (χ0) is 12.4. The van der Waals surface area contributed by atoms with Gasteiger partial charge < -0.3 is 15.8 Å². The van der Waals surface area contributed by atoms with Crippen LogP contribution in [0.2, 0.25) is 0 Å². The van der Waals surface area contributed by atoms with Crippen LogP contribution in [0.5, 0.6) is 0 Å². The fourth-order valence-corrected chi connectivity index (χ4v) is 1.94. The van der Waals surface area contributed by atoms with E-state index in [-0.39, 0.29) is 17.9 Å². The molecule has 0 aromatic heterocycles. The molecule has 0 bridgehead atoms. The minimum absolute atomic E-state index is 0.0521. The third-order valence-corrected chi connectivity index (χ3v) is 3.11. The van der Waals surface area contributed by atoms with Crippen molar-refractivity contribution in [3.8, 4) is 0 Å². The van der Waals surface area contributed by atoms with Gasteiger partial charge in [0.25, 0.3) is 0 Å². The first-order valence-electron chi connectivity index (χ1n) is 5.79. The maximum atomic E-state index is 12.0. The van der Waals surface area contributed by atoms with Crippen LogP contribution in [0.1, 0.15) is 11.1 Å². The van der Waals surface area contributed by atoms with Crippen molar-refractivity contribution < 1.29 is 9.53 Å². The molecule has 0 spiro atoms. The molecular formula is C13H18N2O2. The van der Waals surface area contributed by atoms with Crippen molar-refractivity contribution in [2.75, 3.05) is 18.5 Å². The Bertz CT molecular complexity index is 431. The number of rotatable bonds is 2. The number of carbonyl (C=O) groups excluding carboxylic acids is 1. The van der Waals surface area contributed by atoms with Crippen molar-refractivity contribution in [3.63, 3.8) is 0 Å². The number of hydrogen-bond donors (Lipinski definition) is 2. The molecule has 0 aliphatic carbocycles. The molecule has 1 fully saturated rings. The lowest BCUT2D eigenvalue weighted by Crippen LogP contribution is -2.37. The molecule has 2 rings (SSSR count). The first-order chi connectivity index (χ1) is 8.08. The molecule has 3 N–H and O–H groups in total. The van der Waals surface area contributed by atoms with Crippen LogP contribution in [0.4, 0.5) is 5.69 Å². The summed E-state index contributed by atoms with van der Waals surface area (Å²) in [5.74, 6) is -0.293. The molecule has 1 aliphatic rings. The second kappa shape index (κ2) is 4.85. The first kappa shape index (κ1) is 12.1. The molecule has 4 heteroatoms. The number of nitrogens with two attached hydrogens (primary N) is 1. The molecule has 17 heavy (non-hydrogen) atoms. The fourth-order valence-electron chi connectivity index (χ4n) is 1.94. The van der Waals surface area contributed by atoms with Crippen LogP contribution in [0.25, 0.3) is 0 Å².